The summed E-state index contributed by atoms with van der Waals surface area (Å²) in [6.45, 7) is 1.45. The van der Waals surface area contributed by atoms with Gasteiger partial charge in [-0.3, -0.25) is 4.79 Å². The Balaban J connectivity index is 1.28. The van der Waals surface area contributed by atoms with Crippen LogP contribution in [-0.2, 0) is 4.79 Å². The van der Waals surface area contributed by atoms with Gasteiger partial charge in [-0.25, -0.2) is 13.9 Å². The Bertz CT molecular complexity index is 1260. The molecular weight excluding hydrogens is 421 g/mol. The lowest BCUT2D eigenvalue weighted by atomic mass is 9.95. The highest BCUT2D eigenvalue weighted by Gasteiger charge is 2.27. The first-order chi connectivity index (χ1) is 16.1. The second-order valence-electron chi connectivity index (χ2n) is 8.10. The SMILES string of the molecule is COc1ccc(NC(=O)C2CCN(c3nccn4nc(-c5ccc(F)cc5)cc34)CC2)cc1. The number of anilines is 2. The Morgan fingerprint density at radius 2 is 1.82 bits per heavy atom. The molecule has 0 spiro atoms. The van der Waals surface area contributed by atoms with Gasteiger partial charge >= 0.3 is 0 Å². The highest BCUT2D eigenvalue weighted by atomic mass is 19.1. The molecule has 2 aromatic heterocycles. The van der Waals surface area contributed by atoms with E-state index in [2.05, 4.69) is 20.3 Å². The van der Waals surface area contributed by atoms with Crippen molar-refractivity contribution in [3.05, 3.63) is 72.8 Å². The number of hydrogen-bond donors (Lipinski definition) is 1. The fourth-order valence-electron chi connectivity index (χ4n) is 4.19. The molecule has 8 heteroatoms. The lowest BCUT2D eigenvalue weighted by Gasteiger charge is -2.32. The second-order valence-corrected chi connectivity index (χ2v) is 8.10. The van der Waals surface area contributed by atoms with E-state index in [0.29, 0.717) is 0 Å². The molecule has 0 bridgehead atoms. The zero-order valence-electron chi connectivity index (χ0n) is 18.2. The number of nitrogens with one attached hydrogen (secondary N) is 1. The molecule has 2 aromatic carbocycles. The summed E-state index contributed by atoms with van der Waals surface area (Å²) < 4.78 is 20.2. The summed E-state index contributed by atoms with van der Waals surface area (Å²) in [7, 11) is 1.62. The number of carbonyl (C=O) groups excluding carboxylic acids is 1. The van der Waals surface area contributed by atoms with Gasteiger partial charge in [0.1, 0.15) is 17.1 Å². The average molecular weight is 445 g/mol. The summed E-state index contributed by atoms with van der Waals surface area (Å²) in [5.41, 5.74) is 3.26. The van der Waals surface area contributed by atoms with Crippen LogP contribution in [0, 0.1) is 11.7 Å². The number of nitrogens with zero attached hydrogens (tertiary/aromatic N) is 4. The maximum Gasteiger partial charge on any atom is 0.227 e. The first-order valence-electron chi connectivity index (χ1n) is 10.9. The molecule has 1 aliphatic rings. The van der Waals surface area contributed by atoms with Crippen LogP contribution in [-0.4, -0.2) is 40.7 Å². The minimum atomic E-state index is -0.274. The Hall–Kier alpha value is -3.94. The molecular formula is C25H24FN5O2. The van der Waals surface area contributed by atoms with Crippen LogP contribution in [0.5, 0.6) is 5.75 Å². The van der Waals surface area contributed by atoms with Crippen molar-refractivity contribution in [3.8, 4) is 17.0 Å². The third-order valence-corrected chi connectivity index (χ3v) is 6.03. The second kappa shape index (κ2) is 8.90. The number of amides is 1. The lowest BCUT2D eigenvalue weighted by Crippen LogP contribution is -2.38. The molecule has 0 radical (unpaired) electrons. The first-order valence-corrected chi connectivity index (χ1v) is 10.9. The van der Waals surface area contributed by atoms with Gasteiger partial charge in [0.15, 0.2) is 5.82 Å². The van der Waals surface area contributed by atoms with E-state index in [1.165, 1.54) is 12.1 Å². The lowest BCUT2D eigenvalue weighted by molar-refractivity contribution is -0.120. The zero-order chi connectivity index (χ0) is 22.8. The van der Waals surface area contributed by atoms with E-state index in [1.54, 1.807) is 36.2 Å². The quantitative estimate of drug-likeness (QED) is 0.493. The van der Waals surface area contributed by atoms with Crippen molar-refractivity contribution >= 4 is 22.9 Å². The zero-order valence-corrected chi connectivity index (χ0v) is 18.2. The van der Waals surface area contributed by atoms with Crippen LogP contribution in [0.15, 0.2) is 67.0 Å². The van der Waals surface area contributed by atoms with Gasteiger partial charge in [0.05, 0.1) is 12.8 Å². The van der Waals surface area contributed by atoms with Crippen molar-refractivity contribution in [2.45, 2.75) is 12.8 Å². The fraction of sp³-hybridized carbons (Fsp3) is 0.240. The van der Waals surface area contributed by atoms with Crippen molar-refractivity contribution in [2.24, 2.45) is 5.92 Å². The van der Waals surface area contributed by atoms with Crippen molar-refractivity contribution in [3.63, 3.8) is 0 Å². The van der Waals surface area contributed by atoms with Crippen LogP contribution in [0.2, 0.25) is 0 Å². The third kappa shape index (κ3) is 4.37. The molecule has 3 heterocycles. The molecule has 4 aromatic rings. The Kier molecular flexibility index (Phi) is 5.64. The molecule has 1 saturated heterocycles. The average Bonchev–Trinajstić information content (AvgIpc) is 3.29. The number of aromatic nitrogens is 3. The minimum Gasteiger partial charge on any atom is -0.497 e. The van der Waals surface area contributed by atoms with Gasteiger partial charge in [0.2, 0.25) is 5.91 Å². The van der Waals surface area contributed by atoms with E-state index >= 15 is 0 Å². The van der Waals surface area contributed by atoms with Crippen molar-refractivity contribution in [2.75, 3.05) is 30.4 Å². The van der Waals surface area contributed by atoms with Gasteiger partial charge in [-0.2, -0.15) is 5.10 Å². The normalized spacial score (nSPS) is 14.4. The molecule has 33 heavy (non-hydrogen) atoms. The molecule has 0 saturated carbocycles. The molecule has 1 N–H and O–H groups in total. The van der Waals surface area contributed by atoms with Gasteiger partial charge in [-0.1, -0.05) is 0 Å². The highest BCUT2D eigenvalue weighted by Crippen LogP contribution is 2.29. The minimum absolute atomic E-state index is 0.0360. The number of carbonyl (C=O) groups is 1. The molecule has 1 fully saturated rings. The fourth-order valence-corrected chi connectivity index (χ4v) is 4.19. The Morgan fingerprint density at radius 3 is 2.52 bits per heavy atom. The van der Waals surface area contributed by atoms with E-state index in [0.717, 1.165) is 60.0 Å². The topological polar surface area (TPSA) is 71.8 Å². The molecule has 0 aliphatic carbocycles. The number of fused-ring (bicyclic) bond motifs is 1. The van der Waals surface area contributed by atoms with Crippen molar-refractivity contribution < 1.29 is 13.9 Å². The van der Waals surface area contributed by atoms with Crippen LogP contribution in [0.1, 0.15) is 12.8 Å². The van der Waals surface area contributed by atoms with Gasteiger partial charge in [0.25, 0.3) is 0 Å². The van der Waals surface area contributed by atoms with E-state index in [9.17, 15) is 9.18 Å². The largest absolute Gasteiger partial charge is 0.497 e. The highest BCUT2D eigenvalue weighted by molar-refractivity contribution is 5.92. The summed E-state index contributed by atoms with van der Waals surface area (Å²) in [4.78, 5) is 19.5. The van der Waals surface area contributed by atoms with E-state index in [1.807, 2.05) is 30.3 Å². The maximum absolute atomic E-state index is 13.3. The number of rotatable bonds is 5. The summed E-state index contributed by atoms with van der Waals surface area (Å²) in [6, 6.07) is 15.6. The smallest absolute Gasteiger partial charge is 0.227 e. The molecule has 1 aliphatic heterocycles. The molecule has 168 valence electrons. The summed E-state index contributed by atoms with van der Waals surface area (Å²) in [5, 5.41) is 7.63. The molecule has 1 amide bonds. The van der Waals surface area contributed by atoms with Gasteiger partial charge < -0.3 is 15.0 Å². The Morgan fingerprint density at radius 1 is 1.09 bits per heavy atom. The van der Waals surface area contributed by atoms with Gasteiger partial charge in [-0.15, -0.1) is 0 Å². The number of hydrogen-bond acceptors (Lipinski definition) is 5. The van der Waals surface area contributed by atoms with Crippen LogP contribution >= 0.6 is 0 Å². The van der Waals surface area contributed by atoms with E-state index in [-0.39, 0.29) is 17.6 Å². The van der Waals surface area contributed by atoms with E-state index < -0.39 is 0 Å². The van der Waals surface area contributed by atoms with Crippen LogP contribution in [0.3, 0.4) is 0 Å². The number of ether oxygens (including phenoxy) is 1. The molecule has 0 unspecified atom stereocenters. The molecule has 5 rings (SSSR count). The number of methoxy groups -OCH3 is 1. The van der Waals surface area contributed by atoms with Gasteiger partial charge in [-0.05, 0) is 67.4 Å². The summed E-state index contributed by atoms with van der Waals surface area (Å²) in [6.07, 6.45) is 5.01. The monoisotopic (exact) mass is 445 g/mol. The van der Waals surface area contributed by atoms with Crippen molar-refractivity contribution in [1.82, 2.24) is 14.6 Å². The molecule has 0 atom stereocenters. The standard InChI is InChI=1S/C25H24FN5O2/c1-33-21-8-6-20(7-9-21)28-25(32)18-10-13-30(14-11-18)24-23-16-22(29-31(23)15-12-27-24)17-2-4-19(26)5-3-17/h2-9,12,15-16,18H,10-11,13-14H2,1H3,(H,28,32). The van der Waals surface area contributed by atoms with Crippen LogP contribution in [0.4, 0.5) is 15.9 Å². The first kappa shape index (κ1) is 20.9. The van der Waals surface area contributed by atoms with Crippen LogP contribution in [0.25, 0.3) is 16.8 Å². The Labute approximate surface area is 190 Å². The number of halogens is 1. The van der Waals surface area contributed by atoms with Crippen molar-refractivity contribution in [1.29, 1.82) is 0 Å². The number of benzene rings is 2. The van der Waals surface area contributed by atoms with Gasteiger partial charge in [0, 0.05) is 42.7 Å². The number of piperidine rings is 1. The third-order valence-electron chi connectivity index (χ3n) is 6.03. The summed E-state index contributed by atoms with van der Waals surface area (Å²) in [5.74, 6) is 1.30. The molecule has 7 nitrogen and oxygen atoms in total. The van der Waals surface area contributed by atoms with E-state index in [4.69, 9.17) is 4.74 Å². The van der Waals surface area contributed by atoms with Crippen LogP contribution < -0.4 is 15.0 Å². The summed E-state index contributed by atoms with van der Waals surface area (Å²) >= 11 is 0. The predicted molar refractivity (Wildman–Crippen MR) is 125 cm³/mol. The maximum atomic E-state index is 13.3. The predicted octanol–water partition coefficient (Wildman–Crippen LogP) is 4.40.